The van der Waals surface area contributed by atoms with Crippen molar-refractivity contribution in [3.63, 3.8) is 0 Å². The van der Waals surface area contributed by atoms with Gasteiger partial charge in [-0.15, -0.1) is 0 Å². The molecule has 0 saturated carbocycles. The van der Waals surface area contributed by atoms with Crippen molar-refractivity contribution in [1.29, 1.82) is 0 Å². The summed E-state index contributed by atoms with van der Waals surface area (Å²) in [6.45, 7) is 4.04. The van der Waals surface area contributed by atoms with Gasteiger partial charge >= 0.3 is 23.9 Å². The zero-order chi connectivity index (χ0) is 30.4. The van der Waals surface area contributed by atoms with Crippen LogP contribution in [0.2, 0.25) is 0 Å². The molecule has 2 heterocycles. The minimum absolute atomic E-state index is 0.0441. The number of thiocarbonyl (C=S) groups is 1. The lowest BCUT2D eigenvalue weighted by molar-refractivity contribution is -0.268. The Hall–Kier alpha value is -3.69. The van der Waals surface area contributed by atoms with Gasteiger partial charge in [0.25, 0.3) is 5.91 Å². The molecule has 1 aromatic rings. The summed E-state index contributed by atoms with van der Waals surface area (Å²) in [5, 5.41) is 0. The van der Waals surface area contributed by atoms with Gasteiger partial charge in [-0.3, -0.25) is 28.9 Å². The minimum atomic E-state index is -1.47. The van der Waals surface area contributed by atoms with Gasteiger partial charge in [0.05, 0.1) is 19.1 Å². The molecule has 1 amide bonds. The Kier molecular flexibility index (Phi) is 10.7. The number of thioether (sulfide) groups is 1. The minimum Gasteiger partial charge on any atom is -0.493 e. The van der Waals surface area contributed by atoms with Gasteiger partial charge in [-0.1, -0.05) is 30.0 Å². The number of esters is 4. The Morgan fingerprint density at radius 3 is 2.05 bits per heavy atom. The Balaban J connectivity index is 2.05. The van der Waals surface area contributed by atoms with Gasteiger partial charge in [0.2, 0.25) is 0 Å². The highest BCUT2D eigenvalue weighted by atomic mass is 32.2. The van der Waals surface area contributed by atoms with Crippen molar-refractivity contribution in [2.45, 2.75) is 58.3 Å². The first kappa shape index (κ1) is 31.8. The van der Waals surface area contributed by atoms with Gasteiger partial charge in [0.1, 0.15) is 12.7 Å². The van der Waals surface area contributed by atoms with Crippen molar-refractivity contribution in [3.05, 3.63) is 28.7 Å². The predicted octanol–water partition coefficient (Wildman–Crippen LogP) is 1.99. The summed E-state index contributed by atoms with van der Waals surface area (Å²) in [6.07, 6.45) is -5.39. The molecule has 41 heavy (non-hydrogen) atoms. The number of benzene rings is 1. The first-order valence-electron chi connectivity index (χ1n) is 12.2. The highest BCUT2D eigenvalue weighted by Gasteiger charge is 2.56. The van der Waals surface area contributed by atoms with Crippen LogP contribution in [0.3, 0.4) is 0 Å². The highest BCUT2D eigenvalue weighted by Crippen LogP contribution is 2.40. The fourth-order valence-electron chi connectivity index (χ4n) is 4.21. The van der Waals surface area contributed by atoms with Crippen LogP contribution in [0.5, 0.6) is 11.5 Å². The van der Waals surface area contributed by atoms with Crippen molar-refractivity contribution in [1.82, 2.24) is 4.90 Å². The maximum Gasteiger partial charge on any atom is 0.303 e. The van der Waals surface area contributed by atoms with E-state index >= 15 is 0 Å². The molecule has 2 saturated heterocycles. The molecule has 0 bridgehead atoms. The van der Waals surface area contributed by atoms with Crippen LogP contribution in [0.15, 0.2) is 23.1 Å². The molecule has 0 spiro atoms. The number of methoxy groups -OCH3 is 2. The second-order valence-electron chi connectivity index (χ2n) is 8.76. The maximum atomic E-state index is 13.7. The molecule has 222 valence electrons. The number of hydrogen-bond donors (Lipinski definition) is 0. The Morgan fingerprint density at radius 1 is 0.902 bits per heavy atom. The first-order valence-corrected chi connectivity index (χ1v) is 13.4. The molecule has 3 rings (SSSR count). The zero-order valence-electron chi connectivity index (χ0n) is 23.1. The number of ether oxygens (including phenoxy) is 7. The average molecular weight is 612 g/mol. The Morgan fingerprint density at radius 2 is 1.49 bits per heavy atom. The standard InChI is InChI=1S/C26H29NO12S2/c1-12(28)35-11-19-21(36-13(2)29)22(37-14(3)30)23(38-15(4)31)25(39-19)27-24(32)20(41-26(27)40)10-16-7-8-17(33-5)18(9-16)34-6/h7-10,19,21-23,25H,11H2,1-6H3/b20-10+/t19-,21+,22+,23-,25-/m1/s1. The molecule has 0 unspecified atom stereocenters. The SMILES string of the molecule is COc1ccc(/C=C2/SC(=S)N([C@@H]3O[C@H](COC(C)=O)[C@H](OC(C)=O)[C@H](OC(C)=O)[C@H]3OC(C)=O)C2=O)cc1OC. The molecule has 2 fully saturated rings. The second kappa shape index (κ2) is 13.8. The summed E-state index contributed by atoms with van der Waals surface area (Å²) in [5.41, 5.74) is 0.602. The molecule has 1 aromatic carbocycles. The largest absolute Gasteiger partial charge is 0.493 e. The van der Waals surface area contributed by atoms with Gasteiger partial charge in [0.15, 0.2) is 40.4 Å². The summed E-state index contributed by atoms with van der Waals surface area (Å²) >= 11 is 6.46. The lowest BCUT2D eigenvalue weighted by Gasteiger charge is -2.46. The number of hydrogen-bond acceptors (Lipinski definition) is 14. The lowest BCUT2D eigenvalue weighted by atomic mass is 9.96. The van der Waals surface area contributed by atoms with Crippen molar-refractivity contribution < 1.29 is 57.1 Å². The average Bonchev–Trinajstić information content (AvgIpc) is 3.16. The van der Waals surface area contributed by atoms with E-state index < -0.39 is 67.0 Å². The Bertz CT molecular complexity index is 1260. The molecule has 2 aliphatic heterocycles. The molecular weight excluding hydrogens is 582 g/mol. The third kappa shape index (κ3) is 7.74. The topological polar surface area (TPSA) is 153 Å². The van der Waals surface area contributed by atoms with Gasteiger partial charge < -0.3 is 33.2 Å². The Labute approximate surface area is 245 Å². The van der Waals surface area contributed by atoms with E-state index in [0.29, 0.717) is 17.1 Å². The van der Waals surface area contributed by atoms with Gasteiger partial charge in [-0.2, -0.15) is 0 Å². The molecule has 0 radical (unpaired) electrons. The van der Waals surface area contributed by atoms with Crippen molar-refractivity contribution in [2.75, 3.05) is 20.8 Å². The number of carbonyl (C=O) groups excluding carboxylic acids is 5. The molecular formula is C26H29NO12S2. The molecule has 2 aliphatic rings. The first-order chi connectivity index (χ1) is 19.4. The second-order valence-corrected chi connectivity index (χ2v) is 10.4. The fourth-order valence-corrected chi connectivity index (χ4v) is 5.52. The van der Waals surface area contributed by atoms with Gasteiger partial charge in [0, 0.05) is 27.7 Å². The molecule has 15 heteroatoms. The molecule has 0 N–H and O–H groups in total. The van der Waals surface area contributed by atoms with E-state index in [1.54, 1.807) is 24.3 Å². The van der Waals surface area contributed by atoms with Crippen LogP contribution in [-0.4, -0.2) is 90.5 Å². The molecule has 0 aromatic heterocycles. The van der Waals surface area contributed by atoms with E-state index in [2.05, 4.69) is 0 Å². The predicted molar refractivity (Wildman–Crippen MR) is 147 cm³/mol. The van der Waals surface area contributed by atoms with Crippen LogP contribution >= 0.6 is 24.0 Å². The van der Waals surface area contributed by atoms with Crippen molar-refractivity contribution in [2.24, 2.45) is 0 Å². The number of carbonyl (C=O) groups is 5. The maximum absolute atomic E-state index is 13.7. The van der Waals surface area contributed by atoms with E-state index in [-0.39, 0.29) is 9.23 Å². The lowest BCUT2D eigenvalue weighted by Crippen LogP contribution is -2.66. The summed E-state index contributed by atoms with van der Waals surface area (Å²) in [7, 11) is 2.97. The van der Waals surface area contributed by atoms with Crippen LogP contribution in [0.1, 0.15) is 33.3 Å². The number of amides is 1. The molecule has 5 atom stereocenters. The van der Waals surface area contributed by atoms with E-state index in [1.807, 2.05) is 0 Å². The van der Waals surface area contributed by atoms with Crippen LogP contribution in [0, 0.1) is 0 Å². The van der Waals surface area contributed by atoms with Gasteiger partial charge in [-0.05, 0) is 23.8 Å². The smallest absolute Gasteiger partial charge is 0.303 e. The summed E-state index contributed by atoms with van der Waals surface area (Å²) in [6, 6.07) is 5.05. The zero-order valence-corrected chi connectivity index (χ0v) is 24.7. The van der Waals surface area contributed by atoms with Crippen molar-refractivity contribution in [3.8, 4) is 11.5 Å². The number of rotatable bonds is 9. The van der Waals surface area contributed by atoms with Crippen LogP contribution in [0.25, 0.3) is 6.08 Å². The van der Waals surface area contributed by atoms with Crippen LogP contribution < -0.4 is 9.47 Å². The third-order valence-electron chi connectivity index (χ3n) is 5.75. The summed E-state index contributed by atoms with van der Waals surface area (Å²) in [5.74, 6) is -2.70. The molecule has 13 nitrogen and oxygen atoms in total. The van der Waals surface area contributed by atoms with E-state index in [4.69, 9.17) is 45.4 Å². The fraction of sp³-hybridized carbons (Fsp3) is 0.462. The normalized spacial score (nSPS) is 25.0. The van der Waals surface area contributed by atoms with Crippen LogP contribution in [0.4, 0.5) is 0 Å². The van der Waals surface area contributed by atoms with Gasteiger partial charge in [-0.25, -0.2) is 0 Å². The van der Waals surface area contributed by atoms with E-state index in [9.17, 15) is 24.0 Å². The van der Waals surface area contributed by atoms with Crippen molar-refractivity contribution >= 4 is 64.2 Å². The monoisotopic (exact) mass is 611 g/mol. The summed E-state index contributed by atoms with van der Waals surface area (Å²) in [4.78, 5) is 62.7. The third-order valence-corrected chi connectivity index (χ3v) is 7.08. The number of nitrogens with zero attached hydrogens (tertiary/aromatic N) is 1. The summed E-state index contributed by atoms with van der Waals surface area (Å²) < 4.78 is 38.1. The quantitative estimate of drug-likeness (QED) is 0.173. The molecule has 0 aliphatic carbocycles. The highest BCUT2D eigenvalue weighted by molar-refractivity contribution is 8.26. The van der Waals surface area contributed by atoms with E-state index in [0.717, 1.165) is 44.4 Å². The van der Waals surface area contributed by atoms with Crippen LogP contribution in [-0.2, 0) is 47.7 Å². The van der Waals surface area contributed by atoms with E-state index in [1.165, 1.54) is 14.2 Å².